The molecular weight excluding hydrogens is 297 g/mol. The Labute approximate surface area is 115 Å². The number of ether oxygens (including phenoxy) is 2. The van der Waals surface area contributed by atoms with E-state index in [-0.39, 0.29) is 12.4 Å². The van der Waals surface area contributed by atoms with Crippen molar-refractivity contribution in [3.8, 4) is 11.5 Å². The van der Waals surface area contributed by atoms with Gasteiger partial charge in [0.05, 0.1) is 0 Å². The fraction of sp³-hybridized carbons (Fsp3) is 0.200. The van der Waals surface area contributed by atoms with Crippen molar-refractivity contribution in [2.75, 3.05) is 5.43 Å². The van der Waals surface area contributed by atoms with Gasteiger partial charge in [0.15, 0.2) is 16.5 Å². The van der Waals surface area contributed by atoms with E-state index in [0.29, 0.717) is 10.1 Å². The summed E-state index contributed by atoms with van der Waals surface area (Å²) in [4.78, 5) is 0. The molecule has 2 rings (SSSR count). The van der Waals surface area contributed by atoms with E-state index in [9.17, 15) is 13.2 Å². The van der Waals surface area contributed by atoms with Gasteiger partial charge in [-0.15, -0.1) is 23.4 Å². The monoisotopic (exact) mass is 306 g/mol. The zero-order chi connectivity index (χ0) is 14.6. The van der Waals surface area contributed by atoms with Crippen LogP contribution in [0.25, 0.3) is 0 Å². The molecule has 1 heterocycles. The Morgan fingerprint density at radius 2 is 1.90 bits per heavy atom. The number of anilines is 1. The molecule has 0 saturated heterocycles. The molecule has 0 aliphatic carbocycles. The minimum atomic E-state index is -4.78. The van der Waals surface area contributed by atoms with Crippen LogP contribution < -0.4 is 20.7 Å². The number of nitrogens with two attached hydrogens (primary N) is 1. The molecule has 0 amide bonds. The Hall–Kier alpha value is -2.07. The fourth-order valence-electron chi connectivity index (χ4n) is 1.29. The number of hydrazine groups is 1. The van der Waals surface area contributed by atoms with Crippen LogP contribution in [-0.4, -0.2) is 16.6 Å². The van der Waals surface area contributed by atoms with E-state index in [4.69, 9.17) is 10.6 Å². The Bertz CT molecular complexity index is 576. The lowest BCUT2D eigenvalue weighted by molar-refractivity contribution is -0.275. The van der Waals surface area contributed by atoms with Gasteiger partial charge < -0.3 is 9.47 Å². The molecule has 0 unspecified atom stereocenters. The van der Waals surface area contributed by atoms with Crippen LogP contribution in [0.2, 0.25) is 0 Å². The normalized spacial score (nSPS) is 11.2. The van der Waals surface area contributed by atoms with E-state index in [1.54, 1.807) is 0 Å². The summed E-state index contributed by atoms with van der Waals surface area (Å²) >= 11 is 1.12. The number of alkyl halides is 3. The van der Waals surface area contributed by atoms with Gasteiger partial charge in [0.2, 0.25) is 5.13 Å². The summed E-state index contributed by atoms with van der Waals surface area (Å²) in [7, 11) is 0. The highest BCUT2D eigenvalue weighted by molar-refractivity contribution is 7.15. The Balaban J connectivity index is 2.05. The quantitative estimate of drug-likeness (QED) is 0.651. The zero-order valence-electron chi connectivity index (χ0n) is 9.85. The molecule has 1 aromatic heterocycles. The first-order chi connectivity index (χ1) is 9.48. The molecular formula is C10H9F3N4O2S. The van der Waals surface area contributed by atoms with E-state index >= 15 is 0 Å². The summed E-state index contributed by atoms with van der Waals surface area (Å²) in [6.45, 7) is -0.0441. The SMILES string of the molecule is NNc1nnc(COc2ccccc2OC(F)(F)F)s1. The summed E-state index contributed by atoms with van der Waals surface area (Å²) in [6.07, 6.45) is -4.78. The van der Waals surface area contributed by atoms with Crippen molar-refractivity contribution in [2.45, 2.75) is 13.0 Å². The van der Waals surface area contributed by atoms with Crippen molar-refractivity contribution in [3.63, 3.8) is 0 Å². The van der Waals surface area contributed by atoms with Gasteiger partial charge in [-0.05, 0) is 12.1 Å². The maximum absolute atomic E-state index is 12.2. The summed E-state index contributed by atoms with van der Waals surface area (Å²) in [5.74, 6) is 4.68. The van der Waals surface area contributed by atoms with Crippen LogP contribution in [0.4, 0.5) is 18.3 Å². The molecule has 2 aromatic rings. The average molecular weight is 306 g/mol. The Morgan fingerprint density at radius 3 is 2.50 bits per heavy atom. The van der Waals surface area contributed by atoms with Crippen molar-refractivity contribution in [3.05, 3.63) is 29.3 Å². The first-order valence-corrected chi connectivity index (χ1v) is 6.06. The molecule has 0 aliphatic heterocycles. The number of nitrogens with zero attached hydrogens (tertiary/aromatic N) is 2. The maximum Gasteiger partial charge on any atom is 0.573 e. The van der Waals surface area contributed by atoms with Crippen molar-refractivity contribution < 1.29 is 22.6 Å². The predicted molar refractivity (Wildman–Crippen MR) is 65.2 cm³/mol. The van der Waals surface area contributed by atoms with Gasteiger partial charge in [-0.1, -0.05) is 23.5 Å². The molecule has 0 bridgehead atoms. The van der Waals surface area contributed by atoms with E-state index in [2.05, 4.69) is 20.4 Å². The lowest BCUT2D eigenvalue weighted by Crippen LogP contribution is -2.17. The highest BCUT2D eigenvalue weighted by atomic mass is 32.1. The molecule has 10 heteroatoms. The Morgan fingerprint density at radius 1 is 1.20 bits per heavy atom. The number of para-hydroxylation sites is 2. The lowest BCUT2D eigenvalue weighted by atomic mass is 10.3. The van der Waals surface area contributed by atoms with Gasteiger partial charge in [0.25, 0.3) is 0 Å². The molecule has 20 heavy (non-hydrogen) atoms. The number of benzene rings is 1. The topological polar surface area (TPSA) is 82.3 Å². The van der Waals surface area contributed by atoms with Gasteiger partial charge in [-0.25, -0.2) is 5.84 Å². The standard InChI is InChI=1S/C10H9F3N4O2S/c11-10(12,13)19-7-4-2-1-3-6(7)18-5-8-16-17-9(15-14)20-8/h1-4H,5,14H2,(H,15,17). The second-order valence-corrected chi connectivity index (χ2v) is 4.49. The summed E-state index contributed by atoms with van der Waals surface area (Å²) in [5, 5.41) is 8.25. The van der Waals surface area contributed by atoms with Gasteiger partial charge in [-0.2, -0.15) is 0 Å². The minimum Gasteiger partial charge on any atom is -0.482 e. The van der Waals surface area contributed by atoms with E-state index < -0.39 is 12.1 Å². The molecule has 0 spiro atoms. The zero-order valence-corrected chi connectivity index (χ0v) is 10.7. The molecule has 6 nitrogen and oxygen atoms in total. The maximum atomic E-state index is 12.2. The minimum absolute atomic E-state index is 0.0396. The van der Waals surface area contributed by atoms with E-state index in [1.165, 1.54) is 18.2 Å². The van der Waals surface area contributed by atoms with E-state index in [1.807, 2.05) is 0 Å². The van der Waals surface area contributed by atoms with Gasteiger partial charge in [0, 0.05) is 0 Å². The lowest BCUT2D eigenvalue weighted by Gasteiger charge is -2.13. The second-order valence-electron chi connectivity index (χ2n) is 3.43. The third kappa shape index (κ3) is 3.96. The molecule has 0 atom stereocenters. The number of halogens is 3. The molecule has 0 fully saturated rings. The molecule has 1 aromatic carbocycles. The van der Waals surface area contributed by atoms with Crippen molar-refractivity contribution >= 4 is 16.5 Å². The molecule has 0 saturated carbocycles. The summed E-state index contributed by atoms with van der Waals surface area (Å²) in [6, 6.07) is 5.47. The van der Waals surface area contributed by atoms with Crippen LogP contribution in [0.1, 0.15) is 5.01 Å². The number of nitrogens with one attached hydrogen (secondary N) is 1. The number of hydrogen-bond donors (Lipinski definition) is 2. The summed E-state index contributed by atoms with van der Waals surface area (Å²) < 4.78 is 45.7. The first-order valence-electron chi connectivity index (χ1n) is 5.24. The molecule has 0 aliphatic rings. The highest BCUT2D eigenvalue weighted by Gasteiger charge is 2.32. The fourth-order valence-corrected chi connectivity index (χ4v) is 1.85. The molecule has 108 valence electrons. The number of aromatic nitrogens is 2. The average Bonchev–Trinajstić information content (AvgIpc) is 2.84. The van der Waals surface area contributed by atoms with Crippen LogP contribution in [-0.2, 0) is 6.61 Å². The number of hydrogen-bond acceptors (Lipinski definition) is 7. The van der Waals surface area contributed by atoms with Crippen molar-refractivity contribution in [1.29, 1.82) is 0 Å². The van der Waals surface area contributed by atoms with Gasteiger partial charge in [-0.3, -0.25) is 5.43 Å². The van der Waals surface area contributed by atoms with Crippen molar-refractivity contribution in [1.82, 2.24) is 10.2 Å². The van der Waals surface area contributed by atoms with Crippen LogP contribution in [0.15, 0.2) is 24.3 Å². The molecule has 0 radical (unpaired) electrons. The van der Waals surface area contributed by atoms with Crippen molar-refractivity contribution in [2.24, 2.45) is 5.84 Å². The number of rotatable bonds is 5. The largest absolute Gasteiger partial charge is 0.573 e. The van der Waals surface area contributed by atoms with Crippen LogP contribution >= 0.6 is 11.3 Å². The third-order valence-electron chi connectivity index (χ3n) is 2.02. The van der Waals surface area contributed by atoms with Gasteiger partial charge in [0.1, 0.15) is 6.61 Å². The second kappa shape index (κ2) is 5.92. The van der Waals surface area contributed by atoms with Crippen LogP contribution in [0.3, 0.4) is 0 Å². The third-order valence-corrected chi connectivity index (χ3v) is 2.84. The smallest absolute Gasteiger partial charge is 0.482 e. The first kappa shape index (κ1) is 14.3. The van der Waals surface area contributed by atoms with Crippen LogP contribution in [0.5, 0.6) is 11.5 Å². The highest BCUT2D eigenvalue weighted by Crippen LogP contribution is 2.32. The Kier molecular flexibility index (Phi) is 4.25. The number of nitrogen functional groups attached to an aromatic ring is 1. The predicted octanol–water partition coefficient (Wildman–Crippen LogP) is 2.30. The summed E-state index contributed by atoms with van der Waals surface area (Å²) in [5.41, 5.74) is 2.30. The van der Waals surface area contributed by atoms with E-state index in [0.717, 1.165) is 17.4 Å². The van der Waals surface area contributed by atoms with Gasteiger partial charge >= 0.3 is 6.36 Å². The van der Waals surface area contributed by atoms with Crippen LogP contribution in [0, 0.1) is 0 Å². The molecule has 3 N–H and O–H groups in total.